The van der Waals surface area contributed by atoms with Gasteiger partial charge in [0, 0.05) is 5.56 Å². The quantitative estimate of drug-likeness (QED) is 0.601. The minimum atomic E-state index is -0.831. The Morgan fingerprint density at radius 2 is 2.04 bits per heavy atom. The van der Waals surface area contributed by atoms with E-state index in [1.807, 2.05) is 0 Å². The van der Waals surface area contributed by atoms with Gasteiger partial charge in [-0.15, -0.1) is 5.10 Å². The van der Waals surface area contributed by atoms with E-state index in [9.17, 15) is 14.0 Å². The minimum Gasteiger partial charge on any atom is -0.459 e. The van der Waals surface area contributed by atoms with Crippen LogP contribution in [0, 0.1) is 5.82 Å². The number of nitrogens with zero attached hydrogens (tertiary/aromatic N) is 2. The second-order valence-electron chi connectivity index (χ2n) is 5.81. The van der Waals surface area contributed by atoms with Crippen molar-refractivity contribution >= 4 is 17.6 Å². The predicted molar refractivity (Wildman–Crippen MR) is 93.5 cm³/mol. The fourth-order valence-corrected chi connectivity index (χ4v) is 2.84. The van der Waals surface area contributed by atoms with Crippen molar-refractivity contribution in [2.75, 3.05) is 6.79 Å². The first-order valence-electron chi connectivity index (χ1n) is 8.07. The van der Waals surface area contributed by atoms with E-state index in [2.05, 4.69) is 5.10 Å². The van der Waals surface area contributed by atoms with Gasteiger partial charge in [-0.1, -0.05) is 11.6 Å². The smallest absolute Gasteiger partial charge is 0.437 e. The van der Waals surface area contributed by atoms with Crippen LogP contribution in [0.5, 0.6) is 11.5 Å². The summed E-state index contributed by atoms with van der Waals surface area (Å²) in [4.78, 5) is 23.9. The fraction of sp³-hybridized carbons (Fsp3) is 0.167. The molecule has 1 aliphatic rings. The minimum absolute atomic E-state index is 0.0275. The highest BCUT2D eigenvalue weighted by atomic mass is 35.5. The zero-order valence-corrected chi connectivity index (χ0v) is 14.9. The number of fused-ring (bicyclic) bond motifs is 1. The molecule has 144 valence electrons. The highest BCUT2D eigenvalue weighted by Crippen LogP contribution is 2.39. The molecule has 0 fully saturated rings. The number of carbonyl (C=O) groups excluding carboxylic acids is 1. The zero-order valence-electron chi connectivity index (χ0n) is 14.2. The summed E-state index contributed by atoms with van der Waals surface area (Å²) < 4.78 is 34.4. The van der Waals surface area contributed by atoms with Gasteiger partial charge in [0.15, 0.2) is 11.5 Å². The first-order chi connectivity index (χ1) is 13.5. The lowest BCUT2D eigenvalue weighted by Crippen LogP contribution is -2.22. The third kappa shape index (κ3) is 3.70. The van der Waals surface area contributed by atoms with Crippen LogP contribution in [-0.2, 0) is 22.7 Å². The van der Waals surface area contributed by atoms with Gasteiger partial charge in [-0.05, 0) is 42.0 Å². The first kappa shape index (κ1) is 18.1. The Bertz CT molecular complexity index is 1090. The van der Waals surface area contributed by atoms with Crippen molar-refractivity contribution in [1.29, 1.82) is 0 Å². The highest BCUT2D eigenvalue weighted by molar-refractivity contribution is 6.32. The Morgan fingerprint density at radius 1 is 1.25 bits per heavy atom. The summed E-state index contributed by atoms with van der Waals surface area (Å²) in [5, 5.41) is 4.27. The van der Waals surface area contributed by atoms with Crippen molar-refractivity contribution in [3.63, 3.8) is 0 Å². The number of halogens is 2. The second kappa shape index (κ2) is 7.35. The molecule has 0 bridgehead atoms. The third-order valence-corrected chi connectivity index (χ3v) is 4.14. The predicted octanol–water partition coefficient (Wildman–Crippen LogP) is 2.77. The van der Waals surface area contributed by atoms with Crippen LogP contribution in [0.3, 0.4) is 0 Å². The number of rotatable bonds is 5. The van der Waals surface area contributed by atoms with Gasteiger partial charge in [0.2, 0.25) is 12.7 Å². The van der Waals surface area contributed by atoms with Gasteiger partial charge in [0.25, 0.3) is 0 Å². The molecule has 4 rings (SSSR count). The molecule has 0 radical (unpaired) electrons. The standard InChI is InChI=1S/C18H12ClFN2O6/c19-13-5-10(6-14-16(13)27-9-26-14)8-25-15(23)7-22-18(24)28-17(21-22)11-1-3-12(20)4-2-11/h1-6H,7-9H2. The summed E-state index contributed by atoms with van der Waals surface area (Å²) in [5.74, 6) is -1.08. The molecule has 10 heteroatoms. The van der Waals surface area contributed by atoms with Gasteiger partial charge in [-0.2, -0.15) is 4.68 Å². The van der Waals surface area contributed by atoms with Gasteiger partial charge in [-0.25, -0.2) is 9.18 Å². The summed E-state index contributed by atoms with van der Waals surface area (Å²) in [6, 6.07) is 8.48. The number of hydrogen-bond acceptors (Lipinski definition) is 7. The molecule has 0 spiro atoms. The molecule has 0 aliphatic carbocycles. The molecular weight excluding hydrogens is 395 g/mol. The van der Waals surface area contributed by atoms with Crippen molar-refractivity contribution < 1.29 is 27.8 Å². The maximum Gasteiger partial charge on any atom is 0.437 e. The molecule has 0 N–H and O–H groups in total. The van der Waals surface area contributed by atoms with E-state index in [1.54, 1.807) is 12.1 Å². The Labute approximate surface area is 162 Å². The van der Waals surface area contributed by atoms with Crippen LogP contribution in [0.15, 0.2) is 45.6 Å². The van der Waals surface area contributed by atoms with Crippen LogP contribution in [0.2, 0.25) is 5.02 Å². The van der Waals surface area contributed by atoms with Crippen molar-refractivity contribution in [3.05, 3.63) is 63.4 Å². The van der Waals surface area contributed by atoms with E-state index in [-0.39, 0.29) is 19.3 Å². The number of hydrogen-bond donors (Lipinski definition) is 0. The molecule has 28 heavy (non-hydrogen) atoms. The van der Waals surface area contributed by atoms with Crippen molar-refractivity contribution in [2.45, 2.75) is 13.2 Å². The molecule has 0 saturated heterocycles. The van der Waals surface area contributed by atoms with E-state index in [4.69, 9.17) is 30.2 Å². The summed E-state index contributed by atoms with van der Waals surface area (Å²) in [6.07, 6.45) is 0. The van der Waals surface area contributed by atoms with E-state index in [0.29, 0.717) is 27.6 Å². The SMILES string of the molecule is O=C(Cn1nc(-c2ccc(F)cc2)oc1=O)OCc1cc(Cl)c2c(c1)OCO2. The molecule has 2 heterocycles. The largest absolute Gasteiger partial charge is 0.459 e. The number of benzene rings is 2. The van der Waals surface area contributed by atoms with Gasteiger partial charge in [0.05, 0.1) is 5.02 Å². The average Bonchev–Trinajstić information content (AvgIpc) is 3.28. The molecule has 0 unspecified atom stereocenters. The van der Waals surface area contributed by atoms with Crippen molar-refractivity contribution in [1.82, 2.24) is 9.78 Å². The Morgan fingerprint density at radius 3 is 2.82 bits per heavy atom. The molecule has 1 aliphatic heterocycles. The number of aromatic nitrogens is 2. The lowest BCUT2D eigenvalue weighted by atomic mass is 10.2. The lowest BCUT2D eigenvalue weighted by molar-refractivity contribution is -0.146. The molecule has 8 nitrogen and oxygen atoms in total. The Balaban J connectivity index is 1.41. The van der Waals surface area contributed by atoms with Crippen LogP contribution < -0.4 is 15.2 Å². The summed E-state index contributed by atoms with van der Waals surface area (Å²) in [6.45, 7) is -0.446. The highest BCUT2D eigenvalue weighted by Gasteiger charge is 2.19. The van der Waals surface area contributed by atoms with Crippen LogP contribution in [0.25, 0.3) is 11.5 Å². The maximum atomic E-state index is 13.0. The Kier molecular flexibility index (Phi) is 4.74. The topological polar surface area (TPSA) is 92.8 Å². The lowest BCUT2D eigenvalue weighted by Gasteiger charge is -2.06. The van der Waals surface area contributed by atoms with E-state index >= 15 is 0 Å². The molecule has 3 aromatic rings. The van der Waals surface area contributed by atoms with E-state index < -0.39 is 24.1 Å². The second-order valence-corrected chi connectivity index (χ2v) is 6.22. The molecular formula is C18H12ClFN2O6. The van der Waals surface area contributed by atoms with Gasteiger partial charge < -0.3 is 18.6 Å². The van der Waals surface area contributed by atoms with Gasteiger partial charge in [0.1, 0.15) is 19.0 Å². The first-order valence-corrected chi connectivity index (χ1v) is 8.45. The van der Waals surface area contributed by atoms with E-state index in [0.717, 1.165) is 4.68 Å². The average molecular weight is 407 g/mol. The van der Waals surface area contributed by atoms with Crippen LogP contribution >= 0.6 is 11.6 Å². The summed E-state index contributed by atoms with van der Waals surface area (Å²) in [5.41, 5.74) is 1.00. The normalized spacial score (nSPS) is 12.2. The zero-order chi connectivity index (χ0) is 19.7. The van der Waals surface area contributed by atoms with Gasteiger partial charge in [-0.3, -0.25) is 4.79 Å². The number of carbonyl (C=O) groups is 1. The summed E-state index contributed by atoms with van der Waals surface area (Å²) >= 11 is 6.07. The van der Waals surface area contributed by atoms with Gasteiger partial charge >= 0.3 is 11.7 Å². The molecule has 1 aromatic heterocycles. The fourth-order valence-electron chi connectivity index (χ4n) is 2.55. The van der Waals surface area contributed by atoms with E-state index in [1.165, 1.54) is 24.3 Å². The maximum absolute atomic E-state index is 13.0. The monoisotopic (exact) mass is 406 g/mol. The molecule has 0 atom stereocenters. The van der Waals surface area contributed by atoms with Crippen LogP contribution in [0.1, 0.15) is 5.56 Å². The Hall–Kier alpha value is -3.33. The van der Waals surface area contributed by atoms with Crippen LogP contribution in [0.4, 0.5) is 4.39 Å². The van der Waals surface area contributed by atoms with Crippen molar-refractivity contribution in [2.24, 2.45) is 0 Å². The molecule has 0 saturated carbocycles. The molecule has 2 aromatic carbocycles. The summed E-state index contributed by atoms with van der Waals surface area (Å²) in [7, 11) is 0. The van der Waals surface area contributed by atoms with Crippen molar-refractivity contribution in [3.8, 4) is 23.0 Å². The molecule has 0 amide bonds. The number of ether oxygens (including phenoxy) is 3. The number of esters is 1. The third-order valence-electron chi connectivity index (χ3n) is 3.86. The van der Waals surface area contributed by atoms with Crippen LogP contribution in [-0.4, -0.2) is 22.5 Å².